The molecule has 0 spiro atoms. The van der Waals surface area contributed by atoms with Crippen LogP contribution in [0.4, 0.5) is 17.6 Å². The van der Waals surface area contributed by atoms with Gasteiger partial charge in [-0.1, -0.05) is 12.1 Å². The Morgan fingerprint density at radius 3 is 2.59 bits per heavy atom. The van der Waals surface area contributed by atoms with Crippen molar-refractivity contribution in [3.8, 4) is 11.1 Å². The van der Waals surface area contributed by atoms with E-state index in [-0.39, 0.29) is 46.6 Å². The molecule has 1 unspecified atom stereocenters. The molecule has 10 heteroatoms. The lowest BCUT2D eigenvalue weighted by atomic mass is 9.96. The molecule has 0 aliphatic carbocycles. The van der Waals surface area contributed by atoms with E-state index in [2.05, 4.69) is 10.1 Å². The van der Waals surface area contributed by atoms with Gasteiger partial charge in [0.25, 0.3) is 12.3 Å². The van der Waals surface area contributed by atoms with Crippen molar-refractivity contribution in [1.82, 2.24) is 19.7 Å². The molecule has 0 saturated heterocycles. The van der Waals surface area contributed by atoms with Gasteiger partial charge in [-0.3, -0.25) is 14.5 Å². The van der Waals surface area contributed by atoms with Crippen LogP contribution in [0.2, 0.25) is 0 Å². The van der Waals surface area contributed by atoms with E-state index in [9.17, 15) is 18.7 Å². The highest BCUT2D eigenvalue weighted by molar-refractivity contribution is 5.98. The number of fused-ring (bicyclic) bond motifs is 2. The number of pyridine rings is 1. The first-order chi connectivity index (χ1) is 16.6. The predicted octanol–water partition coefficient (Wildman–Crippen LogP) is 4.37. The van der Waals surface area contributed by atoms with Crippen LogP contribution in [-0.4, -0.2) is 37.1 Å². The van der Waals surface area contributed by atoms with Crippen molar-refractivity contribution < 1.29 is 28.8 Å². The van der Waals surface area contributed by atoms with Gasteiger partial charge in [-0.25, -0.2) is 17.6 Å². The zero-order chi connectivity index (χ0) is 25.1. The van der Waals surface area contributed by atoms with Crippen LogP contribution in [0, 0.1) is 11.6 Å². The Hall–Kier alpha value is -3.79. The number of hydrogen-bond acceptors (Lipinski definition) is 4. The van der Waals surface area contributed by atoms with Crippen LogP contribution in [0.3, 0.4) is 0 Å². The fourth-order valence-electron chi connectivity index (χ4n) is 4.21. The number of halogens is 4. The summed E-state index contributed by atoms with van der Waals surface area (Å²) in [5.41, 5.74) is 0.504. The minimum Gasteiger partial charge on any atom is -0.382 e. The number of nitrogens with zero attached hydrogens (tertiary/aromatic N) is 4. The second-order valence-corrected chi connectivity index (χ2v) is 7.99. The van der Waals surface area contributed by atoms with E-state index in [0.717, 1.165) is 18.2 Å². The zero-order valence-electron chi connectivity index (χ0n) is 18.8. The molecule has 174 valence electrons. The van der Waals surface area contributed by atoms with Crippen molar-refractivity contribution in [2.45, 2.75) is 25.6 Å². The molecule has 1 amide bonds. The molecule has 0 radical (unpaired) electrons. The Labute approximate surface area is 192 Å². The van der Waals surface area contributed by atoms with Gasteiger partial charge in [0.15, 0.2) is 0 Å². The van der Waals surface area contributed by atoms with E-state index in [1.807, 2.05) is 0 Å². The lowest BCUT2D eigenvalue weighted by molar-refractivity contribution is -0.00505. The summed E-state index contributed by atoms with van der Waals surface area (Å²) in [5, 5.41) is 14.3. The normalized spacial score (nSPS) is 15.7. The van der Waals surface area contributed by atoms with Crippen molar-refractivity contribution in [3.63, 3.8) is 0 Å². The van der Waals surface area contributed by atoms with Gasteiger partial charge in [-0.2, -0.15) is 5.10 Å². The Balaban J connectivity index is 1.53. The molecule has 5 rings (SSSR count). The summed E-state index contributed by atoms with van der Waals surface area (Å²) in [4.78, 5) is 18.0. The van der Waals surface area contributed by atoms with E-state index in [1.54, 1.807) is 18.3 Å². The van der Waals surface area contributed by atoms with Crippen LogP contribution in [-0.2, 0) is 20.1 Å². The van der Waals surface area contributed by atoms with Gasteiger partial charge in [-0.05, 0) is 35.4 Å². The molecule has 0 bridgehead atoms. The Kier molecular flexibility index (Phi) is 5.02. The van der Waals surface area contributed by atoms with E-state index < -0.39 is 29.7 Å². The summed E-state index contributed by atoms with van der Waals surface area (Å²) in [6.07, 6.45) is -3.62. The minimum atomic E-state index is -3.40. The van der Waals surface area contributed by atoms with E-state index in [0.29, 0.717) is 11.3 Å². The monoisotopic (exact) mass is 471 g/mol. The van der Waals surface area contributed by atoms with Crippen LogP contribution in [0.15, 0.2) is 48.8 Å². The summed E-state index contributed by atoms with van der Waals surface area (Å²) in [7, 11) is 1.52. The highest BCUT2D eigenvalue weighted by Gasteiger charge is 2.30. The van der Waals surface area contributed by atoms with Gasteiger partial charge in [0.05, 0.1) is 31.2 Å². The Morgan fingerprint density at radius 2 is 1.91 bits per heavy atom. The number of aromatic nitrogens is 3. The van der Waals surface area contributed by atoms with Crippen molar-refractivity contribution in [3.05, 3.63) is 82.8 Å². The van der Waals surface area contributed by atoms with Crippen LogP contribution >= 0.6 is 0 Å². The first-order valence-electron chi connectivity index (χ1n) is 10.8. The average Bonchev–Trinajstić information content (AvgIpc) is 3.34. The molecule has 1 atom stereocenters. The molecule has 0 fully saturated rings. The highest BCUT2D eigenvalue weighted by atomic mass is 19.3. The minimum absolute atomic E-state index is 0.0828. The number of rotatable bonds is 5. The van der Waals surface area contributed by atoms with Crippen LogP contribution < -0.4 is 0 Å². The standard InChI is InChI=1S/C24H18F4N4O2/c1-31-9-16-13(4-5-15(21(16)30-31)22(33)23(27)28)12-7-18(25)17(19(26)8-12)10-32-11-20-14(24(32)34)3-2-6-29-20/h2-9,22-23,33H,10-11H2,1H3/i22D. The van der Waals surface area contributed by atoms with Gasteiger partial charge >= 0.3 is 0 Å². The molecular formula is C24H18F4N4O2. The quantitative estimate of drug-likeness (QED) is 0.439. The summed E-state index contributed by atoms with van der Waals surface area (Å²) in [5.74, 6) is -2.14. The van der Waals surface area contributed by atoms with Crippen LogP contribution in [0.5, 0.6) is 0 Å². The van der Waals surface area contributed by atoms with E-state index >= 15 is 8.78 Å². The number of carbonyl (C=O) groups is 1. The fourth-order valence-corrected chi connectivity index (χ4v) is 4.21. The first-order valence-corrected chi connectivity index (χ1v) is 10.3. The molecule has 0 saturated carbocycles. The van der Waals surface area contributed by atoms with Crippen molar-refractivity contribution in [2.24, 2.45) is 7.05 Å². The highest BCUT2D eigenvalue weighted by Crippen LogP contribution is 2.36. The van der Waals surface area contributed by atoms with Crippen molar-refractivity contribution >= 4 is 16.8 Å². The molecule has 1 N–H and O–H groups in total. The molecule has 4 aromatic rings. The third-order valence-electron chi connectivity index (χ3n) is 5.82. The Bertz CT molecular complexity index is 1460. The van der Waals surface area contributed by atoms with Crippen molar-refractivity contribution in [1.29, 1.82) is 0 Å². The average molecular weight is 471 g/mol. The van der Waals surface area contributed by atoms with Gasteiger partial charge < -0.3 is 10.0 Å². The maximum absolute atomic E-state index is 15.1. The van der Waals surface area contributed by atoms with Gasteiger partial charge in [0, 0.05) is 36.0 Å². The summed E-state index contributed by atoms with van der Waals surface area (Å²) in [6.45, 7) is -0.164. The summed E-state index contributed by atoms with van der Waals surface area (Å²) < 4.78 is 65.7. The topological polar surface area (TPSA) is 71.2 Å². The summed E-state index contributed by atoms with van der Waals surface area (Å²) in [6, 6.07) is 7.80. The maximum Gasteiger partial charge on any atom is 0.268 e. The molecular weight excluding hydrogens is 452 g/mol. The number of carbonyl (C=O) groups excluding carboxylic acids is 1. The van der Waals surface area contributed by atoms with Gasteiger partial charge in [0.2, 0.25) is 0 Å². The number of benzene rings is 2. The number of aliphatic hydroxyl groups is 1. The van der Waals surface area contributed by atoms with E-state index in [4.69, 9.17) is 1.37 Å². The van der Waals surface area contributed by atoms with Crippen LogP contribution in [0.25, 0.3) is 22.0 Å². The largest absolute Gasteiger partial charge is 0.382 e. The van der Waals surface area contributed by atoms with Crippen molar-refractivity contribution in [2.75, 3.05) is 0 Å². The van der Waals surface area contributed by atoms with Gasteiger partial charge in [0.1, 0.15) is 17.7 Å². The molecule has 2 aromatic heterocycles. The summed E-state index contributed by atoms with van der Waals surface area (Å²) >= 11 is 0. The first kappa shape index (κ1) is 20.8. The second kappa shape index (κ2) is 8.21. The molecule has 1 aliphatic rings. The third-order valence-corrected chi connectivity index (χ3v) is 5.82. The molecule has 6 nitrogen and oxygen atoms in total. The predicted molar refractivity (Wildman–Crippen MR) is 115 cm³/mol. The van der Waals surface area contributed by atoms with E-state index in [1.165, 1.54) is 28.9 Å². The fraction of sp³-hybridized carbons (Fsp3) is 0.208. The molecule has 34 heavy (non-hydrogen) atoms. The second-order valence-electron chi connectivity index (χ2n) is 7.99. The number of alkyl halides is 2. The smallest absolute Gasteiger partial charge is 0.268 e. The SMILES string of the molecule is [2H]C(O)(c1ccc(-c2cc(F)c(CN3Cc4ncccc4C3=O)c(F)c2)c2cn(C)nc12)C(F)F. The lowest BCUT2D eigenvalue weighted by Crippen LogP contribution is -2.24. The number of amides is 1. The maximum atomic E-state index is 15.1. The van der Waals surface area contributed by atoms with Crippen LogP contribution in [0.1, 0.15) is 34.6 Å². The molecule has 2 aromatic carbocycles. The molecule has 3 heterocycles. The number of hydrogen-bond donors (Lipinski definition) is 1. The lowest BCUT2D eigenvalue weighted by Gasteiger charge is -2.17. The van der Waals surface area contributed by atoms with Gasteiger partial charge in [-0.15, -0.1) is 0 Å². The Morgan fingerprint density at radius 1 is 1.18 bits per heavy atom. The zero-order valence-corrected chi connectivity index (χ0v) is 17.8. The molecule has 1 aliphatic heterocycles. The number of aryl methyl sites for hydroxylation is 1. The third kappa shape index (κ3) is 3.60.